The summed E-state index contributed by atoms with van der Waals surface area (Å²) in [5.41, 5.74) is 1.25. The summed E-state index contributed by atoms with van der Waals surface area (Å²) < 4.78 is 0. The lowest BCUT2D eigenvalue weighted by atomic mass is 10.1. The van der Waals surface area contributed by atoms with E-state index < -0.39 is 0 Å². The van der Waals surface area contributed by atoms with Gasteiger partial charge in [-0.05, 0) is 31.6 Å². The van der Waals surface area contributed by atoms with E-state index in [-0.39, 0.29) is 0 Å². The van der Waals surface area contributed by atoms with Gasteiger partial charge in [0.1, 0.15) is 0 Å². The Balaban J connectivity index is 0.000000217. The predicted octanol–water partition coefficient (Wildman–Crippen LogP) is 4.19. The van der Waals surface area contributed by atoms with Crippen molar-refractivity contribution >= 4 is 0 Å². The number of allylic oxidation sites excluding steroid dienone is 3. The van der Waals surface area contributed by atoms with E-state index in [9.17, 15) is 0 Å². The van der Waals surface area contributed by atoms with Gasteiger partial charge in [0.2, 0.25) is 0 Å². The molecule has 0 amide bonds. The standard InChI is InChI=1S/C7H12.C5H10/c1-6-3-4-7(2)5-6;1-4-5(2)3/h3-4,6-7H,5H2,1-2H3;2,4H2,1,3H3. The van der Waals surface area contributed by atoms with Crippen LogP contribution in [0, 0.1) is 11.8 Å². The summed E-state index contributed by atoms with van der Waals surface area (Å²) in [6, 6.07) is 0. The van der Waals surface area contributed by atoms with E-state index in [0.29, 0.717) is 0 Å². The zero-order valence-electron chi connectivity index (χ0n) is 8.93. The van der Waals surface area contributed by atoms with E-state index in [1.165, 1.54) is 12.0 Å². The van der Waals surface area contributed by atoms with Crippen molar-refractivity contribution in [2.24, 2.45) is 11.8 Å². The summed E-state index contributed by atoms with van der Waals surface area (Å²) in [6.45, 7) is 12.3. The predicted molar refractivity (Wildman–Crippen MR) is 57.2 cm³/mol. The lowest BCUT2D eigenvalue weighted by Crippen LogP contribution is -1.86. The van der Waals surface area contributed by atoms with Crippen LogP contribution in [0.1, 0.15) is 40.5 Å². The third kappa shape index (κ3) is 6.21. The summed E-state index contributed by atoms with van der Waals surface area (Å²) in [4.78, 5) is 0. The van der Waals surface area contributed by atoms with E-state index in [0.717, 1.165) is 18.3 Å². The molecular formula is C12H22. The molecule has 0 spiro atoms. The summed E-state index contributed by atoms with van der Waals surface area (Å²) in [6.07, 6.45) is 7.06. The van der Waals surface area contributed by atoms with Gasteiger partial charge in [0.25, 0.3) is 0 Å². The van der Waals surface area contributed by atoms with Crippen LogP contribution < -0.4 is 0 Å². The summed E-state index contributed by atoms with van der Waals surface area (Å²) in [7, 11) is 0. The fourth-order valence-electron chi connectivity index (χ4n) is 1.12. The molecule has 2 atom stereocenters. The summed E-state index contributed by atoms with van der Waals surface area (Å²) >= 11 is 0. The van der Waals surface area contributed by atoms with Crippen LogP contribution in [0.2, 0.25) is 0 Å². The maximum Gasteiger partial charge on any atom is -0.0256 e. The van der Waals surface area contributed by atoms with E-state index in [1.54, 1.807) is 0 Å². The summed E-state index contributed by atoms with van der Waals surface area (Å²) in [5.74, 6) is 1.69. The van der Waals surface area contributed by atoms with Gasteiger partial charge in [-0.1, -0.05) is 38.5 Å². The minimum absolute atomic E-state index is 0.843. The Bertz CT molecular complexity index is 143. The van der Waals surface area contributed by atoms with Crippen LogP contribution >= 0.6 is 0 Å². The van der Waals surface area contributed by atoms with Crippen molar-refractivity contribution in [2.45, 2.75) is 40.5 Å². The van der Waals surface area contributed by atoms with Gasteiger partial charge >= 0.3 is 0 Å². The highest BCUT2D eigenvalue weighted by molar-refractivity contribution is 4.98. The van der Waals surface area contributed by atoms with Gasteiger partial charge in [-0.25, -0.2) is 0 Å². The van der Waals surface area contributed by atoms with Crippen molar-refractivity contribution in [1.29, 1.82) is 0 Å². The van der Waals surface area contributed by atoms with Gasteiger partial charge in [-0.3, -0.25) is 0 Å². The molecule has 0 bridgehead atoms. The maximum atomic E-state index is 3.67. The molecule has 0 heterocycles. The average Bonchev–Trinajstić information content (AvgIpc) is 2.36. The molecule has 0 aromatic rings. The molecule has 0 aromatic carbocycles. The van der Waals surface area contributed by atoms with Crippen LogP contribution in [0.4, 0.5) is 0 Å². The molecule has 0 aliphatic heterocycles. The lowest BCUT2D eigenvalue weighted by Gasteiger charge is -1.97. The van der Waals surface area contributed by atoms with Gasteiger partial charge in [-0.15, -0.1) is 6.58 Å². The average molecular weight is 166 g/mol. The van der Waals surface area contributed by atoms with Gasteiger partial charge in [0.05, 0.1) is 0 Å². The van der Waals surface area contributed by atoms with Crippen molar-refractivity contribution < 1.29 is 0 Å². The van der Waals surface area contributed by atoms with Crippen molar-refractivity contribution in [2.75, 3.05) is 0 Å². The Morgan fingerprint density at radius 1 is 1.33 bits per heavy atom. The molecule has 0 N–H and O–H groups in total. The summed E-state index contributed by atoms with van der Waals surface area (Å²) in [5, 5.41) is 0. The first kappa shape index (κ1) is 11.5. The van der Waals surface area contributed by atoms with E-state index in [2.05, 4.69) is 39.5 Å². The van der Waals surface area contributed by atoms with E-state index in [4.69, 9.17) is 0 Å². The number of hydrogen-bond acceptors (Lipinski definition) is 0. The molecule has 0 heteroatoms. The third-order valence-electron chi connectivity index (χ3n) is 2.12. The molecule has 12 heavy (non-hydrogen) atoms. The van der Waals surface area contributed by atoms with Gasteiger partial charge < -0.3 is 0 Å². The Kier molecular flexibility index (Phi) is 5.79. The second kappa shape index (κ2) is 6.05. The molecule has 0 saturated heterocycles. The molecular weight excluding hydrogens is 144 g/mol. The van der Waals surface area contributed by atoms with Gasteiger partial charge in [0, 0.05) is 0 Å². The topological polar surface area (TPSA) is 0 Å². The fraction of sp³-hybridized carbons (Fsp3) is 0.667. The zero-order chi connectivity index (χ0) is 9.56. The highest BCUT2D eigenvalue weighted by atomic mass is 14.1. The second-order valence-corrected chi connectivity index (χ2v) is 3.89. The van der Waals surface area contributed by atoms with Crippen LogP contribution in [-0.4, -0.2) is 0 Å². The van der Waals surface area contributed by atoms with Gasteiger partial charge in [0.15, 0.2) is 0 Å². The monoisotopic (exact) mass is 166 g/mol. The van der Waals surface area contributed by atoms with Crippen LogP contribution in [0.3, 0.4) is 0 Å². The first-order valence-corrected chi connectivity index (χ1v) is 4.89. The molecule has 2 unspecified atom stereocenters. The van der Waals surface area contributed by atoms with E-state index in [1.807, 2.05) is 6.92 Å². The Morgan fingerprint density at radius 3 is 1.75 bits per heavy atom. The molecule has 0 aromatic heterocycles. The quantitative estimate of drug-likeness (QED) is 0.512. The van der Waals surface area contributed by atoms with Crippen LogP contribution in [0.5, 0.6) is 0 Å². The molecule has 0 fully saturated rings. The first-order chi connectivity index (χ1) is 5.56. The first-order valence-electron chi connectivity index (χ1n) is 4.89. The number of hydrogen-bond donors (Lipinski definition) is 0. The SMILES string of the molecule is C=C(C)CC.CC1C=CC(C)C1. The van der Waals surface area contributed by atoms with Crippen molar-refractivity contribution in [1.82, 2.24) is 0 Å². The van der Waals surface area contributed by atoms with Crippen molar-refractivity contribution in [3.63, 3.8) is 0 Å². The van der Waals surface area contributed by atoms with Crippen LogP contribution in [0.25, 0.3) is 0 Å². The third-order valence-corrected chi connectivity index (χ3v) is 2.12. The molecule has 0 saturated carbocycles. The Labute approximate surface area is 77.4 Å². The number of rotatable bonds is 1. The van der Waals surface area contributed by atoms with Crippen molar-refractivity contribution in [3.05, 3.63) is 24.3 Å². The molecule has 1 rings (SSSR count). The molecule has 0 radical (unpaired) electrons. The van der Waals surface area contributed by atoms with Crippen molar-refractivity contribution in [3.8, 4) is 0 Å². The fourth-order valence-corrected chi connectivity index (χ4v) is 1.12. The highest BCUT2D eigenvalue weighted by Crippen LogP contribution is 2.21. The molecule has 1 aliphatic rings. The Morgan fingerprint density at radius 2 is 1.67 bits per heavy atom. The molecule has 70 valence electrons. The Hall–Kier alpha value is -0.520. The zero-order valence-corrected chi connectivity index (χ0v) is 8.93. The minimum Gasteiger partial charge on any atom is -0.100 e. The second-order valence-electron chi connectivity index (χ2n) is 3.89. The van der Waals surface area contributed by atoms with Crippen LogP contribution in [0.15, 0.2) is 24.3 Å². The minimum atomic E-state index is 0.843. The van der Waals surface area contributed by atoms with Crippen LogP contribution in [-0.2, 0) is 0 Å². The van der Waals surface area contributed by atoms with E-state index >= 15 is 0 Å². The largest absolute Gasteiger partial charge is 0.100 e. The molecule has 0 nitrogen and oxygen atoms in total. The highest BCUT2D eigenvalue weighted by Gasteiger charge is 2.08. The van der Waals surface area contributed by atoms with Gasteiger partial charge in [-0.2, -0.15) is 0 Å². The lowest BCUT2D eigenvalue weighted by molar-refractivity contribution is 0.591. The smallest absolute Gasteiger partial charge is 0.0256 e. The maximum absolute atomic E-state index is 3.67. The normalized spacial score (nSPS) is 26.3. The molecule has 1 aliphatic carbocycles.